The van der Waals surface area contributed by atoms with Crippen molar-refractivity contribution in [1.82, 2.24) is 4.90 Å². The van der Waals surface area contributed by atoms with Crippen LogP contribution in [0.3, 0.4) is 0 Å². The maximum absolute atomic E-state index is 10.1. The molecule has 2 saturated carbocycles. The highest BCUT2D eigenvalue weighted by molar-refractivity contribution is 5.00. The minimum Gasteiger partial charge on any atom is -0.393 e. The molecule has 0 aliphatic heterocycles. The lowest BCUT2D eigenvalue weighted by Crippen LogP contribution is -2.54. The van der Waals surface area contributed by atoms with Crippen LogP contribution in [-0.4, -0.2) is 34.7 Å². The molecule has 2 heteroatoms. The monoisotopic (exact) mass is 253 g/mol. The SMILES string of the molecule is CCCN(C(C)C)C1CC(O)CCC12CCCC2. The van der Waals surface area contributed by atoms with Gasteiger partial charge in [0.25, 0.3) is 0 Å². The average molecular weight is 253 g/mol. The summed E-state index contributed by atoms with van der Waals surface area (Å²) in [4.78, 5) is 2.69. The van der Waals surface area contributed by atoms with E-state index < -0.39 is 0 Å². The number of aliphatic hydroxyl groups excluding tert-OH is 1. The normalized spacial score (nSPS) is 31.7. The van der Waals surface area contributed by atoms with Crippen molar-refractivity contribution in [1.29, 1.82) is 0 Å². The summed E-state index contributed by atoms with van der Waals surface area (Å²) in [5.41, 5.74) is 0.540. The Bertz CT molecular complexity index is 258. The van der Waals surface area contributed by atoms with E-state index in [0.717, 1.165) is 12.8 Å². The number of hydrogen-bond acceptors (Lipinski definition) is 2. The molecule has 2 aliphatic carbocycles. The third-order valence-corrected chi connectivity index (χ3v) is 5.32. The topological polar surface area (TPSA) is 23.5 Å². The van der Waals surface area contributed by atoms with Crippen molar-refractivity contribution < 1.29 is 5.11 Å². The van der Waals surface area contributed by atoms with Gasteiger partial charge >= 0.3 is 0 Å². The molecule has 2 atom stereocenters. The van der Waals surface area contributed by atoms with E-state index in [4.69, 9.17) is 0 Å². The molecule has 18 heavy (non-hydrogen) atoms. The Hall–Kier alpha value is -0.0800. The predicted octanol–water partition coefficient (Wildman–Crippen LogP) is 3.58. The van der Waals surface area contributed by atoms with E-state index in [1.807, 2.05) is 0 Å². The Morgan fingerprint density at radius 2 is 1.89 bits per heavy atom. The van der Waals surface area contributed by atoms with E-state index in [2.05, 4.69) is 25.7 Å². The van der Waals surface area contributed by atoms with Gasteiger partial charge in [-0.3, -0.25) is 4.90 Å². The Morgan fingerprint density at radius 3 is 2.44 bits per heavy atom. The van der Waals surface area contributed by atoms with Crippen LogP contribution in [0.1, 0.15) is 72.1 Å². The highest BCUT2D eigenvalue weighted by atomic mass is 16.3. The quantitative estimate of drug-likeness (QED) is 0.828. The average Bonchev–Trinajstić information content (AvgIpc) is 2.79. The summed E-state index contributed by atoms with van der Waals surface area (Å²) in [5, 5.41) is 10.1. The summed E-state index contributed by atoms with van der Waals surface area (Å²) in [6.45, 7) is 8.10. The van der Waals surface area contributed by atoms with E-state index in [1.165, 1.54) is 45.1 Å². The number of rotatable bonds is 4. The molecule has 2 unspecified atom stereocenters. The Kier molecular flexibility index (Phi) is 4.71. The highest BCUT2D eigenvalue weighted by Gasteiger charge is 2.47. The second-order valence-corrected chi connectivity index (χ2v) is 6.85. The van der Waals surface area contributed by atoms with Crippen LogP contribution >= 0.6 is 0 Å². The molecular formula is C16H31NO. The first kappa shape index (κ1) is 14.3. The zero-order valence-corrected chi connectivity index (χ0v) is 12.5. The zero-order chi connectivity index (χ0) is 13.2. The molecule has 1 spiro atoms. The Labute approximate surface area is 113 Å². The summed E-state index contributed by atoms with van der Waals surface area (Å²) in [7, 11) is 0. The third kappa shape index (κ3) is 2.75. The number of aliphatic hydroxyl groups is 1. The van der Waals surface area contributed by atoms with Crippen molar-refractivity contribution in [3.63, 3.8) is 0 Å². The predicted molar refractivity (Wildman–Crippen MR) is 76.7 cm³/mol. The van der Waals surface area contributed by atoms with E-state index in [-0.39, 0.29) is 6.10 Å². The molecule has 106 valence electrons. The lowest BCUT2D eigenvalue weighted by Gasteiger charge is -2.50. The minimum atomic E-state index is -0.0562. The van der Waals surface area contributed by atoms with Crippen LogP contribution in [-0.2, 0) is 0 Å². The van der Waals surface area contributed by atoms with Crippen molar-refractivity contribution >= 4 is 0 Å². The molecular weight excluding hydrogens is 222 g/mol. The molecule has 2 aliphatic rings. The maximum atomic E-state index is 10.1. The standard InChI is InChI=1S/C16H31NO/c1-4-11-17(13(2)3)15-12-14(18)7-10-16(15)8-5-6-9-16/h13-15,18H,4-12H2,1-3H3. The van der Waals surface area contributed by atoms with Crippen LogP contribution in [0.15, 0.2) is 0 Å². The van der Waals surface area contributed by atoms with Gasteiger partial charge in [0.1, 0.15) is 0 Å². The van der Waals surface area contributed by atoms with Gasteiger partial charge in [-0.2, -0.15) is 0 Å². The molecule has 2 nitrogen and oxygen atoms in total. The molecule has 0 saturated heterocycles. The van der Waals surface area contributed by atoms with Gasteiger partial charge in [0.15, 0.2) is 0 Å². The first-order valence-electron chi connectivity index (χ1n) is 8.03. The Balaban J connectivity index is 2.17. The molecule has 0 amide bonds. The third-order valence-electron chi connectivity index (χ3n) is 5.32. The first-order valence-corrected chi connectivity index (χ1v) is 8.03. The van der Waals surface area contributed by atoms with E-state index >= 15 is 0 Å². The molecule has 1 N–H and O–H groups in total. The van der Waals surface area contributed by atoms with Crippen molar-refractivity contribution in [2.45, 2.75) is 90.3 Å². The van der Waals surface area contributed by atoms with Gasteiger partial charge in [-0.25, -0.2) is 0 Å². The lowest BCUT2D eigenvalue weighted by molar-refractivity contribution is -0.0381. The molecule has 2 rings (SSSR count). The Morgan fingerprint density at radius 1 is 1.22 bits per heavy atom. The second-order valence-electron chi connectivity index (χ2n) is 6.85. The lowest BCUT2D eigenvalue weighted by atomic mass is 9.67. The summed E-state index contributed by atoms with van der Waals surface area (Å²) in [6, 6.07) is 1.24. The minimum absolute atomic E-state index is 0.0562. The van der Waals surface area contributed by atoms with Gasteiger partial charge in [0.2, 0.25) is 0 Å². The summed E-state index contributed by atoms with van der Waals surface area (Å²) in [5.74, 6) is 0. The van der Waals surface area contributed by atoms with Crippen LogP contribution in [0.4, 0.5) is 0 Å². The molecule has 0 radical (unpaired) electrons. The first-order chi connectivity index (χ1) is 8.59. The van der Waals surface area contributed by atoms with Gasteiger partial charge < -0.3 is 5.11 Å². The van der Waals surface area contributed by atoms with Crippen LogP contribution < -0.4 is 0 Å². The molecule has 0 aromatic heterocycles. The molecule has 2 fully saturated rings. The highest BCUT2D eigenvalue weighted by Crippen LogP contribution is 2.51. The summed E-state index contributed by atoms with van der Waals surface area (Å²) < 4.78 is 0. The molecule has 0 heterocycles. The fourth-order valence-electron chi connectivity index (χ4n) is 4.43. The van der Waals surface area contributed by atoms with Crippen molar-refractivity contribution in [2.24, 2.45) is 5.41 Å². The van der Waals surface area contributed by atoms with Gasteiger partial charge in [0, 0.05) is 12.1 Å². The van der Waals surface area contributed by atoms with Gasteiger partial charge in [-0.1, -0.05) is 19.8 Å². The zero-order valence-electron chi connectivity index (χ0n) is 12.5. The van der Waals surface area contributed by atoms with Crippen molar-refractivity contribution in [3.05, 3.63) is 0 Å². The molecule has 0 aromatic carbocycles. The summed E-state index contributed by atoms with van der Waals surface area (Å²) in [6.07, 6.45) is 10.1. The second kappa shape index (κ2) is 5.92. The van der Waals surface area contributed by atoms with Crippen LogP contribution in [0.2, 0.25) is 0 Å². The number of hydrogen-bond donors (Lipinski definition) is 1. The van der Waals surface area contributed by atoms with Gasteiger partial charge in [0.05, 0.1) is 6.10 Å². The van der Waals surface area contributed by atoms with Crippen molar-refractivity contribution in [3.8, 4) is 0 Å². The van der Waals surface area contributed by atoms with Gasteiger partial charge in [-0.05, 0) is 64.3 Å². The van der Waals surface area contributed by atoms with Crippen LogP contribution in [0.5, 0.6) is 0 Å². The fraction of sp³-hybridized carbons (Fsp3) is 1.00. The molecule has 0 bridgehead atoms. The largest absolute Gasteiger partial charge is 0.393 e. The summed E-state index contributed by atoms with van der Waals surface area (Å²) >= 11 is 0. The number of nitrogens with zero attached hydrogens (tertiary/aromatic N) is 1. The van der Waals surface area contributed by atoms with Crippen LogP contribution in [0.25, 0.3) is 0 Å². The van der Waals surface area contributed by atoms with E-state index in [1.54, 1.807) is 0 Å². The van der Waals surface area contributed by atoms with E-state index in [0.29, 0.717) is 17.5 Å². The van der Waals surface area contributed by atoms with Crippen molar-refractivity contribution in [2.75, 3.05) is 6.54 Å². The van der Waals surface area contributed by atoms with Gasteiger partial charge in [-0.15, -0.1) is 0 Å². The molecule has 0 aromatic rings. The fourth-order valence-corrected chi connectivity index (χ4v) is 4.43. The maximum Gasteiger partial charge on any atom is 0.0555 e. The van der Waals surface area contributed by atoms with Crippen LogP contribution in [0, 0.1) is 5.41 Å². The smallest absolute Gasteiger partial charge is 0.0555 e. The van der Waals surface area contributed by atoms with E-state index in [9.17, 15) is 5.11 Å².